The van der Waals surface area contributed by atoms with Gasteiger partial charge >= 0.3 is 5.97 Å². The van der Waals surface area contributed by atoms with Crippen LogP contribution in [0.25, 0.3) is 0 Å². The molecule has 0 rings (SSSR count). The van der Waals surface area contributed by atoms with Gasteiger partial charge in [0.2, 0.25) is 0 Å². The van der Waals surface area contributed by atoms with Crippen molar-refractivity contribution in [2.45, 2.75) is 25.3 Å². The van der Waals surface area contributed by atoms with Crippen molar-refractivity contribution < 1.29 is 9.90 Å². The van der Waals surface area contributed by atoms with Gasteiger partial charge in [0.25, 0.3) is 0 Å². The Morgan fingerprint density at radius 3 is 2.77 bits per heavy atom. The predicted molar refractivity (Wildman–Crippen MR) is 60.4 cm³/mol. The van der Waals surface area contributed by atoms with Crippen LogP contribution < -0.4 is 10.4 Å². The number of hydrogen-bond acceptors (Lipinski definition) is 3. The van der Waals surface area contributed by atoms with Crippen molar-refractivity contribution in [2.75, 3.05) is 13.6 Å². The summed E-state index contributed by atoms with van der Waals surface area (Å²) in [5, 5.41) is 14.7. The summed E-state index contributed by atoms with van der Waals surface area (Å²) in [6, 6.07) is -0.390. The summed E-state index contributed by atoms with van der Waals surface area (Å²) in [6.07, 6.45) is 2.68. The maximum atomic E-state index is 10.6. The van der Waals surface area contributed by atoms with Gasteiger partial charge in [-0.2, -0.15) is 0 Å². The first kappa shape index (κ1) is 13.2. The van der Waals surface area contributed by atoms with Gasteiger partial charge in [-0.05, 0) is 34.9 Å². The van der Waals surface area contributed by atoms with Crippen LogP contribution in [0.15, 0.2) is 0 Å². The van der Waals surface area contributed by atoms with Crippen molar-refractivity contribution in [1.82, 2.24) is 10.4 Å². The maximum absolute atomic E-state index is 10.6. The molecule has 0 aromatic rings. The molecule has 0 aliphatic carbocycles. The molecule has 4 nitrogen and oxygen atoms in total. The fourth-order valence-corrected chi connectivity index (χ4v) is 1.78. The molecule has 0 saturated carbocycles. The van der Waals surface area contributed by atoms with Gasteiger partial charge < -0.3 is 10.4 Å². The first-order valence-corrected chi connectivity index (χ1v) is 7.11. The number of carboxylic acids is 1. The van der Waals surface area contributed by atoms with Crippen LogP contribution in [0.1, 0.15) is 19.3 Å². The summed E-state index contributed by atoms with van der Waals surface area (Å²) in [5.74, 6) is -0.761. The van der Waals surface area contributed by atoms with E-state index in [1.54, 1.807) is 7.05 Å². The SMILES string of the molecule is CNC(CCCCNPP)C(=O)O. The molecule has 3 N–H and O–H groups in total. The zero-order valence-electron chi connectivity index (χ0n) is 7.84. The van der Waals surface area contributed by atoms with Crippen molar-refractivity contribution in [3.05, 3.63) is 0 Å². The van der Waals surface area contributed by atoms with E-state index in [0.29, 0.717) is 14.8 Å². The Kier molecular flexibility index (Phi) is 9.00. The first-order valence-electron chi connectivity index (χ1n) is 4.31. The molecule has 0 spiro atoms. The maximum Gasteiger partial charge on any atom is 0.320 e. The lowest BCUT2D eigenvalue weighted by Crippen LogP contribution is -2.33. The summed E-state index contributed by atoms with van der Waals surface area (Å²) >= 11 is 0. The molecule has 78 valence electrons. The molecule has 6 heteroatoms. The van der Waals surface area contributed by atoms with E-state index in [4.69, 9.17) is 5.11 Å². The monoisotopic (exact) mass is 224 g/mol. The van der Waals surface area contributed by atoms with Gasteiger partial charge in [-0.15, -0.1) is 0 Å². The highest BCUT2D eigenvalue weighted by atomic mass is 32.0. The van der Waals surface area contributed by atoms with Crippen molar-refractivity contribution in [3.63, 3.8) is 0 Å². The largest absolute Gasteiger partial charge is 0.480 e. The highest BCUT2D eigenvalue weighted by Crippen LogP contribution is 2.13. The number of likely N-dealkylation sites (N-methyl/N-ethyl adjacent to an activating group) is 1. The average Bonchev–Trinajstić information content (AvgIpc) is 2.10. The second-order valence-electron chi connectivity index (χ2n) is 2.75. The smallest absolute Gasteiger partial charge is 0.320 e. The molecule has 0 aromatic carbocycles. The lowest BCUT2D eigenvalue weighted by Gasteiger charge is -2.10. The highest BCUT2D eigenvalue weighted by molar-refractivity contribution is 8.01. The lowest BCUT2D eigenvalue weighted by atomic mass is 10.1. The Morgan fingerprint density at radius 2 is 2.31 bits per heavy atom. The zero-order chi connectivity index (χ0) is 10.1. The molecule has 0 amide bonds. The third-order valence-electron chi connectivity index (χ3n) is 1.79. The Morgan fingerprint density at radius 1 is 1.62 bits per heavy atom. The first-order chi connectivity index (χ1) is 6.22. The van der Waals surface area contributed by atoms with Gasteiger partial charge in [-0.1, -0.05) is 15.3 Å². The van der Waals surface area contributed by atoms with Crippen LogP contribution in [0, 0.1) is 0 Å². The second kappa shape index (κ2) is 8.83. The van der Waals surface area contributed by atoms with Crippen molar-refractivity contribution >= 4 is 23.3 Å². The minimum Gasteiger partial charge on any atom is -0.480 e. The van der Waals surface area contributed by atoms with Gasteiger partial charge in [0, 0.05) is 0 Å². The van der Waals surface area contributed by atoms with Crippen LogP contribution >= 0.6 is 17.3 Å². The average molecular weight is 224 g/mol. The van der Waals surface area contributed by atoms with Crippen LogP contribution in [0.3, 0.4) is 0 Å². The molecule has 13 heavy (non-hydrogen) atoms. The summed E-state index contributed by atoms with van der Waals surface area (Å²) < 4.78 is 0. The number of nitrogens with one attached hydrogen (secondary N) is 2. The van der Waals surface area contributed by atoms with Crippen LogP contribution in [0.2, 0.25) is 0 Å². The van der Waals surface area contributed by atoms with E-state index < -0.39 is 12.0 Å². The number of unbranched alkanes of at least 4 members (excludes halogenated alkanes) is 1. The molecule has 0 fully saturated rings. The molecule has 3 unspecified atom stereocenters. The zero-order valence-corrected chi connectivity index (χ0v) is 9.99. The summed E-state index contributed by atoms with van der Waals surface area (Å²) in [5.41, 5.74) is 0. The fourth-order valence-electron chi connectivity index (χ4n) is 1.03. The standard InChI is InChI=1S/C7H18N2O2P2/c1-8-6(7(10)11)4-2-3-5-9-13-12/h6,8-9,13H,2-5,12H2,1H3,(H,10,11). The van der Waals surface area contributed by atoms with E-state index in [0.717, 1.165) is 19.4 Å². The van der Waals surface area contributed by atoms with Crippen molar-refractivity contribution in [1.29, 1.82) is 0 Å². The number of carbonyl (C=O) groups is 1. The Hall–Kier alpha value is 0.250. The van der Waals surface area contributed by atoms with E-state index in [2.05, 4.69) is 19.3 Å². The Labute approximate surface area is 83.2 Å². The quantitative estimate of drug-likeness (QED) is 0.421. The van der Waals surface area contributed by atoms with Gasteiger partial charge in [0.15, 0.2) is 0 Å². The third kappa shape index (κ3) is 7.33. The molecule has 0 aromatic heterocycles. The van der Waals surface area contributed by atoms with Crippen molar-refractivity contribution in [3.8, 4) is 0 Å². The van der Waals surface area contributed by atoms with Crippen LogP contribution in [0.5, 0.6) is 0 Å². The molecule has 0 aliphatic heterocycles. The number of aliphatic carboxylic acids is 1. The van der Waals surface area contributed by atoms with Gasteiger partial charge in [-0.3, -0.25) is 9.88 Å². The molecular weight excluding hydrogens is 206 g/mol. The van der Waals surface area contributed by atoms with Gasteiger partial charge in [0.05, 0.1) is 0 Å². The molecule has 0 saturated heterocycles. The Bertz CT molecular complexity index is 146. The number of hydrogen-bond donors (Lipinski definition) is 3. The minimum atomic E-state index is -0.761. The van der Waals surface area contributed by atoms with E-state index in [9.17, 15) is 4.79 Å². The van der Waals surface area contributed by atoms with Crippen LogP contribution in [-0.2, 0) is 4.79 Å². The molecule has 0 bridgehead atoms. The van der Waals surface area contributed by atoms with E-state index in [-0.39, 0.29) is 0 Å². The Balaban J connectivity index is 3.33. The van der Waals surface area contributed by atoms with E-state index in [1.807, 2.05) is 0 Å². The minimum absolute atomic E-state index is 0.390. The normalized spacial score (nSPS) is 13.7. The van der Waals surface area contributed by atoms with E-state index in [1.165, 1.54) is 0 Å². The highest BCUT2D eigenvalue weighted by Gasteiger charge is 2.12. The third-order valence-corrected chi connectivity index (χ3v) is 2.86. The van der Waals surface area contributed by atoms with Gasteiger partial charge in [-0.25, -0.2) is 0 Å². The van der Waals surface area contributed by atoms with Gasteiger partial charge in [0.1, 0.15) is 6.04 Å². The summed E-state index contributed by atoms with van der Waals surface area (Å²) in [7, 11) is 4.99. The molecule has 3 atom stereocenters. The van der Waals surface area contributed by atoms with Crippen LogP contribution in [-0.4, -0.2) is 30.7 Å². The number of carboxylic acid groups (broad SMARTS) is 1. The predicted octanol–water partition coefficient (Wildman–Crippen LogP) is 0.802. The second-order valence-corrected chi connectivity index (χ2v) is 4.25. The summed E-state index contributed by atoms with van der Waals surface area (Å²) in [6.45, 7) is 0.970. The lowest BCUT2D eigenvalue weighted by molar-refractivity contribution is -0.139. The molecule has 0 radical (unpaired) electrons. The van der Waals surface area contributed by atoms with Crippen LogP contribution in [0.4, 0.5) is 0 Å². The number of rotatable bonds is 8. The molecule has 0 heterocycles. The van der Waals surface area contributed by atoms with Crippen molar-refractivity contribution in [2.24, 2.45) is 0 Å². The molecular formula is C7H18N2O2P2. The molecule has 0 aliphatic rings. The topological polar surface area (TPSA) is 61.4 Å². The fraction of sp³-hybridized carbons (Fsp3) is 0.857. The van der Waals surface area contributed by atoms with E-state index >= 15 is 0 Å². The summed E-state index contributed by atoms with van der Waals surface area (Å²) in [4.78, 5) is 10.6.